The monoisotopic (exact) mass is 377 g/mol. The van der Waals surface area contributed by atoms with E-state index in [0.717, 1.165) is 5.56 Å². The molecule has 6 nitrogen and oxygen atoms in total. The summed E-state index contributed by atoms with van der Waals surface area (Å²) in [6, 6.07) is 11.7. The molecule has 0 aliphatic carbocycles. The van der Waals surface area contributed by atoms with Crippen molar-refractivity contribution in [2.24, 2.45) is 0 Å². The Morgan fingerprint density at radius 1 is 1.08 bits per heavy atom. The molecule has 2 aromatic rings. The van der Waals surface area contributed by atoms with Gasteiger partial charge in [0.15, 0.2) is 11.5 Å². The molecule has 26 heavy (non-hydrogen) atoms. The minimum Gasteiger partial charge on any atom is -0.494 e. The summed E-state index contributed by atoms with van der Waals surface area (Å²) >= 11 is 0. The molecule has 7 heteroatoms. The summed E-state index contributed by atoms with van der Waals surface area (Å²) < 4.78 is 44.7. The second kappa shape index (κ2) is 7.97. The second-order valence-corrected chi connectivity index (χ2v) is 7.63. The van der Waals surface area contributed by atoms with E-state index < -0.39 is 10.0 Å². The lowest BCUT2D eigenvalue weighted by molar-refractivity contribution is 0.233. The fourth-order valence-corrected chi connectivity index (χ4v) is 4.13. The van der Waals surface area contributed by atoms with Gasteiger partial charge in [-0.3, -0.25) is 0 Å². The van der Waals surface area contributed by atoms with Crippen LogP contribution in [0.1, 0.15) is 19.4 Å². The van der Waals surface area contributed by atoms with E-state index in [4.69, 9.17) is 14.2 Å². The molecule has 0 bridgehead atoms. The van der Waals surface area contributed by atoms with E-state index >= 15 is 0 Å². The predicted octanol–water partition coefficient (Wildman–Crippen LogP) is 2.77. The third-order valence-electron chi connectivity index (χ3n) is 4.02. The van der Waals surface area contributed by atoms with E-state index in [-0.39, 0.29) is 17.5 Å². The van der Waals surface area contributed by atoms with Crippen molar-refractivity contribution >= 4 is 10.0 Å². The summed E-state index contributed by atoms with van der Waals surface area (Å²) in [6.07, 6.45) is 0.548. The molecule has 1 N–H and O–H groups in total. The fraction of sp³-hybridized carbons (Fsp3) is 0.368. The van der Waals surface area contributed by atoms with E-state index in [0.29, 0.717) is 36.9 Å². The zero-order chi connectivity index (χ0) is 18.6. The van der Waals surface area contributed by atoms with Gasteiger partial charge in [0.2, 0.25) is 10.0 Å². The highest BCUT2D eigenvalue weighted by molar-refractivity contribution is 7.89. The smallest absolute Gasteiger partial charge is 0.240 e. The molecular weight excluding hydrogens is 354 g/mol. The molecule has 2 aromatic carbocycles. The third kappa shape index (κ3) is 4.11. The normalized spacial score (nSPS) is 16.5. The Balaban J connectivity index is 1.72. The van der Waals surface area contributed by atoms with Gasteiger partial charge in [-0.15, -0.1) is 0 Å². The van der Waals surface area contributed by atoms with E-state index in [1.54, 1.807) is 12.1 Å². The molecule has 1 aliphatic heterocycles. The van der Waals surface area contributed by atoms with E-state index in [9.17, 15) is 8.42 Å². The fourth-order valence-electron chi connectivity index (χ4n) is 2.91. The first-order valence-electron chi connectivity index (χ1n) is 8.66. The Hall–Kier alpha value is -2.25. The van der Waals surface area contributed by atoms with Crippen LogP contribution in [0.4, 0.5) is 0 Å². The number of sulfonamides is 1. The topological polar surface area (TPSA) is 73.9 Å². The van der Waals surface area contributed by atoms with Crippen LogP contribution in [-0.4, -0.2) is 34.3 Å². The van der Waals surface area contributed by atoms with Crippen LogP contribution in [0.2, 0.25) is 0 Å². The van der Waals surface area contributed by atoms with Crippen LogP contribution in [0.25, 0.3) is 0 Å². The lowest BCUT2D eigenvalue weighted by Gasteiger charge is -2.27. The van der Waals surface area contributed by atoms with Crippen molar-refractivity contribution in [1.82, 2.24) is 4.72 Å². The maximum Gasteiger partial charge on any atom is 0.240 e. The number of fused-ring (bicyclic) bond motifs is 1. The summed E-state index contributed by atoms with van der Waals surface area (Å²) in [5.74, 6) is 2.04. The SMILES string of the molecule is CCOc1ccc(S(=O)(=O)N[C@@H]2COc3c(cccc3OCC)C2)cc1. The van der Waals surface area contributed by atoms with Gasteiger partial charge < -0.3 is 14.2 Å². The largest absolute Gasteiger partial charge is 0.494 e. The van der Waals surface area contributed by atoms with Gasteiger partial charge in [-0.05, 0) is 56.2 Å². The molecule has 1 atom stereocenters. The van der Waals surface area contributed by atoms with Gasteiger partial charge in [-0.1, -0.05) is 12.1 Å². The average molecular weight is 377 g/mol. The van der Waals surface area contributed by atoms with E-state index in [1.165, 1.54) is 12.1 Å². The number of para-hydroxylation sites is 1. The highest BCUT2D eigenvalue weighted by atomic mass is 32.2. The molecule has 1 aliphatic rings. The number of nitrogens with one attached hydrogen (secondary N) is 1. The maximum absolute atomic E-state index is 12.6. The first-order chi connectivity index (χ1) is 12.5. The minimum atomic E-state index is -3.63. The quantitative estimate of drug-likeness (QED) is 0.803. The number of benzene rings is 2. The molecular formula is C19H23NO5S. The summed E-state index contributed by atoms with van der Waals surface area (Å²) in [4.78, 5) is 0.204. The Kier molecular flexibility index (Phi) is 5.68. The van der Waals surface area contributed by atoms with E-state index in [2.05, 4.69) is 4.72 Å². The van der Waals surface area contributed by atoms with Crippen LogP contribution in [0, 0.1) is 0 Å². The van der Waals surface area contributed by atoms with Gasteiger partial charge in [0.05, 0.1) is 24.2 Å². The molecule has 0 aromatic heterocycles. The summed E-state index contributed by atoms with van der Waals surface area (Å²) in [7, 11) is -3.63. The number of rotatable bonds is 7. The zero-order valence-electron chi connectivity index (χ0n) is 14.9. The van der Waals surface area contributed by atoms with Crippen molar-refractivity contribution in [3.63, 3.8) is 0 Å². The lowest BCUT2D eigenvalue weighted by atomic mass is 10.0. The molecule has 1 heterocycles. The van der Waals surface area contributed by atoms with Gasteiger partial charge in [0.1, 0.15) is 12.4 Å². The molecule has 0 amide bonds. The van der Waals surface area contributed by atoms with Crippen LogP contribution in [-0.2, 0) is 16.4 Å². The Labute approximate surface area is 154 Å². The third-order valence-corrected chi connectivity index (χ3v) is 5.56. The minimum absolute atomic E-state index is 0.204. The Bertz CT molecular complexity index is 849. The second-order valence-electron chi connectivity index (χ2n) is 5.92. The molecule has 3 rings (SSSR count). The van der Waals surface area contributed by atoms with Gasteiger partial charge in [-0.25, -0.2) is 13.1 Å². The summed E-state index contributed by atoms with van der Waals surface area (Å²) in [6.45, 7) is 5.13. The summed E-state index contributed by atoms with van der Waals surface area (Å²) in [5, 5.41) is 0. The van der Waals surface area contributed by atoms with Gasteiger partial charge >= 0.3 is 0 Å². The van der Waals surface area contributed by atoms with Crippen LogP contribution in [0.3, 0.4) is 0 Å². The van der Waals surface area contributed by atoms with Gasteiger partial charge in [-0.2, -0.15) is 0 Å². The van der Waals surface area contributed by atoms with Gasteiger partial charge in [0.25, 0.3) is 0 Å². The van der Waals surface area contributed by atoms with Crippen LogP contribution < -0.4 is 18.9 Å². The number of ether oxygens (including phenoxy) is 3. The summed E-state index contributed by atoms with van der Waals surface area (Å²) in [5.41, 5.74) is 0.932. The highest BCUT2D eigenvalue weighted by Gasteiger charge is 2.27. The van der Waals surface area contributed by atoms with Gasteiger partial charge in [0, 0.05) is 0 Å². The van der Waals surface area contributed by atoms with Crippen molar-refractivity contribution in [2.75, 3.05) is 19.8 Å². The molecule has 140 valence electrons. The average Bonchev–Trinajstić information content (AvgIpc) is 2.62. The molecule has 0 unspecified atom stereocenters. The van der Waals surface area contributed by atoms with Crippen LogP contribution >= 0.6 is 0 Å². The molecule has 0 radical (unpaired) electrons. The predicted molar refractivity (Wildman–Crippen MR) is 98.5 cm³/mol. The van der Waals surface area contributed by atoms with Crippen LogP contribution in [0.5, 0.6) is 17.2 Å². The first kappa shape index (κ1) is 18.5. The Morgan fingerprint density at radius 2 is 1.81 bits per heavy atom. The molecule has 0 fully saturated rings. The van der Waals surface area contributed by atoms with Crippen molar-refractivity contribution in [2.45, 2.75) is 31.2 Å². The number of hydrogen-bond donors (Lipinski definition) is 1. The lowest BCUT2D eigenvalue weighted by Crippen LogP contribution is -2.42. The maximum atomic E-state index is 12.6. The van der Waals surface area contributed by atoms with Crippen molar-refractivity contribution in [1.29, 1.82) is 0 Å². The number of hydrogen-bond acceptors (Lipinski definition) is 5. The van der Waals surface area contributed by atoms with Crippen molar-refractivity contribution in [3.8, 4) is 17.2 Å². The first-order valence-corrected chi connectivity index (χ1v) is 10.1. The standard InChI is InChI=1S/C19H23NO5S/c1-3-23-16-8-10-17(11-9-16)26(21,22)20-15-12-14-6-5-7-18(24-4-2)19(14)25-13-15/h5-11,15,20H,3-4,12-13H2,1-2H3/t15-/m0/s1. The van der Waals surface area contributed by atoms with Crippen LogP contribution in [0.15, 0.2) is 47.4 Å². The molecule has 0 spiro atoms. The Morgan fingerprint density at radius 3 is 2.50 bits per heavy atom. The van der Waals surface area contributed by atoms with Crippen molar-refractivity contribution in [3.05, 3.63) is 48.0 Å². The van der Waals surface area contributed by atoms with E-state index in [1.807, 2.05) is 32.0 Å². The zero-order valence-corrected chi connectivity index (χ0v) is 15.7. The molecule has 0 saturated heterocycles. The highest BCUT2D eigenvalue weighted by Crippen LogP contribution is 2.35. The molecule has 0 saturated carbocycles. The van der Waals surface area contributed by atoms with Crippen molar-refractivity contribution < 1.29 is 22.6 Å².